The third-order valence-electron chi connectivity index (χ3n) is 3.94. The lowest BCUT2D eigenvalue weighted by Gasteiger charge is -2.35. The van der Waals surface area contributed by atoms with Crippen LogP contribution in [-0.4, -0.2) is 43.3 Å². The van der Waals surface area contributed by atoms with Crippen molar-refractivity contribution >= 4 is 11.8 Å². The van der Waals surface area contributed by atoms with Crippen molar-refractivity contribution in [3.63, 3.8) is 0 Å². The molecule has 2 heterocycles. The van der Waals surface area contributed by atoms with E-state index < -0.39 is 0 Å². The Bertz CT molecular complexity index is 438. The molecule has 0 saturated carbocycles. The van der Waals surface area contributed by atoms with Gasteiger partial charge in [0.05, 0.1) is 6.54 Å². The number of piperidine rings is 1. The molecule has 1 aromatic rings. The fourth-order valence-electron chi connectivity index (χ4n) is 2.72. The molecule has 4 heteroatoms. The lowest BCUT2D eigenvalue weighted by Crippen LogP contribution is -2.45. The van der Waals surface area contributed by atoms with Crippen LogP contribution in [0.3, 0.4) is 0 Å². The Kier molecular flexibility index (Phi) is 2.74. The van der Waals surface area contributed by atoms with Crippen LogP contribution in [0.25, 0.3) is 0 Å². The zero-order valence-electron chi connectivity index (χ0n) is 10.6. The third kappa shape index (κ3) is 1.97. The molecule has 0 unspecified atom stereocenters. The standard InChI is InChI=1S/C14H18N2O2/c1-15-9-7-14(8-10-15)11-16(13(17)18-14)12-5-3-2-4-6-12/h2-6H,7-11H2,1H3. The van der Waals surface area contributed by atoms with Crippen molar-refractivity contribution in [2.75, 3.05) is 31.6 Å². The normalized spacial score (nSPS) is 23.4. The number of carbonyl (C=O) groups is 1. The highest BCUT2D eigenvalue weighted by atomic mass is 16.6. The number of amides is 1. The fourth-order valence-corrected chi connectivity index (χ4v) is 2.72. The molecule has 0 aliphatic carbocycles. The van der Waals surface area contributed by atoms with Crippen molar-refractivity contribution in [1.82, 2.24) is 4.90 Å². The molecule has 96 valence electrons. The van der Waals surface area contributed by atoms with Crippen molar-refractivity contribution in [1.29, 1.82) is 0 Å². The first-order valence-corrected chi connectivity index (χ1v) is 6.43. The number of ether oxygens (including phenoxy) is 1. The van der Waals surface area contributed by atoms with Crippen LogP contribution in [0.15, 0.2) is 30.3 Å². The predicted octanol–water partition coefficient (Wildman–Crippen LogP) is 2.11. The fraction of sp³-hybridized carbons (Fsp3) is 0.500. The number of nitrogens with zero attached hydrogens (tertiary/aromatic N) is 2. The first-order chi connectivity index (χ1) is 8.69. The van der Waals surface area contributed by atoms with Gasteiger partial charge >= 0.3 is 6.09 Å². The highest BCUT2D eigenvalue weighted by Crippen LogP contribution is 2.35. The Morgan fingerprint density at radius 3 is 2.50 bits per heavy atom. The molecular weight excluding hydrogens is 228 g/mol. The van der Waals surface area contributed by atoms with Gasteiger partial charge in [-0.25, -0.2) is 4.79 Å². The summed E-state index contributed by atoms with van der Waals surface area (Å²) in [6, 6.07) is 9.76. The summed E-state index contributed by atoms with van der Waals surface area (Å²) in [5.41, 5.74) is 0.665. The summed E-state index contributed by atoms with van der Waals surface area (Å²) in [6.45, 7) is 2.68. The summed E-state index contributed by atoms with van der Waals surface area (Å²) in [7, 11) is 2.11. The smallest absolute Gasteiger partial charge is 0.415 e. The molecule has 1 spiro atoms. The lowest BCUT2D eigenvalue weighted by molar-refractivity contribution is 0.00678. The maximum absolute atomic E-state index is 12.0. The van der Waals surface area contributed by atoms with Crippen molar-refractivity contribution in [2.45, 2.75) is 18.4 Å². The minimum Gasteiger partial charge on any atom is -0.441 e. The first-order valence-electron chi connectivity index (χ1n) is 6.43. The molecule has 18 heavy (non-hydrogen) atoms. The van der Waals surface area contributed by atoms with Gasteiger partial charge in [-0.2, -0.15) is 0 Å². The van der Waals surface area contributed by atoms with E-state index in [9.17, 15) is 4.79 Å². The molecule has 0 N–H and O–H groups in total. The molecule has 2 fully saturated rings. The van der Waals surface area contributed by atoms with Crippen molar-refractivity contribution in [3.05, 3.63) is 30.3 Å². The van der Waals surface area contributed by atoms with Gasteiger partial charge in [0.2, 0.25) is 0 Å². The van der Waals surface area contributed by atoms with Crippen LogP contribution >= 0.6 is 0 Å². The molecule has 0 bridgehead atoms. The minimum absolute atomic E-state index is 0.203. The van der Waals surface area contributed by atoms with Crippen LogP contribution in [0.4, 0.5) is 10.5 Å². The average Bonchev–Trinajstić information content (AvgIpc) is 2.72. The van der Waals surface area contributed by atoms with Crippen LogP contribution < -0.4 is 4.90 Å². The molecular formula is C14H18N2O2. The highest BCUT2D eigenvalue weighted by Gasteiger charge is 2.46. The molecule has 1 aromatic carbocycles. The number of carbonyl (C=O) groups excluding carboxylic acids is 1. The molecule has 2 saturated heterocycles. The zero-order chi connectivity index (χ0) is 12.6. The average molecular weight is 246 g/mol. The molecule has 2 aliphatic heterocycles. The third-order valence-corrected chi connectivity index (χ3v) is 3.94. The zero-order valence-corrected chi connectivity index (χ0v) is 10.6. The second-order valence-electron chi connectivity index (χ2n) is 5.28. The van der Waals surface area contributed by atoms with E-state index in [2.05, 4.69) is 11.9 Å². The van der Waals surface area contributed by atoms with Crippen LogP contribution in [0.1, 0.15) is 12.8 Å². The molecule has 2 aliphatic rings. The largest absolute Gasteiger partial charge is 0.441 e. The van der Waals surface area contributed by atoms with E-state index in [1.54, 1.807) is 4.90 Å². The van der Waals surface area contributed by atoms with Gasteiger partial charge in [0.15, 0.2) is 0 Å². The Hall–Kier alpha value is -1.55. The summed E-state index contributed by atoms with van der Waals surface area (Å²) in [5, 5.41) is 0. The molecule has 0 radical (unpaired) electrons. The number of hydrogen-bond acceptors (Lipinski definition) is 3. The number of hydrogen-bond donors (Lipinski definition) is 0. The lowest BCUT2D eigenvalue weighted by atomic mass is 9.91. The van der Waals surface area contributed by atoms with Crippen LogP contribution in [0.5, 0.6) is 0 Å². The number of para-hydroxylation sites is 1. The minimum atomic E-state index is -0.264. The van der Waals surface area contributed by atoms with Gasteiger partial charge in [0, 0.05) is 31.6 Å². The molecule has 0 aromatic heterocycles. The summed E-state index contributed by atoms with van der Waals surface area (Å²) >= 11 is 0. The van der Waals surface area contributed by atoms with Gasteiger partial charge in [-0.15, -0.1) is 0 Å². The van der Waals surface area contributed by atoms with Crippen LogP contribution in [-0.2, 0) is 4.74 Å². The number of benzene rings is 1. The van der Waals surface area contributed by atoms with Gasteiger partial charge in [0.25, 0.3) is 0 Å². The van der Waals surface area contributed by atoms with Crippen molar-refractivity contribution in [3.8, 4) is 0 Å². The Morgan fingerprint density at radius 2 is 1.83 bits per heavy atom. The molecule has 1 amide bonds. The number of likely N-dealkylation sites (tertiary alicyclic amines) is 1. The van der Waals surface area contributed by atoms with E-state index in [-0.39, 0.29) is 11.7 Å². The van der Waals surface area contributed by atoms with Gasteiger partial charge in [-0.3, -0.25) is 4.90 Å². The van der Waals surface area contributed by atoms with Crippen LogP contribution in [0, 0.1) is 0 Å². The summed E-state index contributed by atoms with van der Waals surface area (Å²) in [4.78, 5) is 16.1. The number of rotatable bonds is 1. The maximum Gasteiger partial charge on any atom is 0.415 e. The Morgan fingerprint density at radius 1 is 1.17 bits per heavy atom. The summed E-state index contributed by atoms with van der Waals surface area (Å²) in [6.07, 6.45) is 1.66. The predicted molar refractivity (Wildman–Crippen MR) is 69.7 cm³/mol. The Balaban J connectivity index is 1.78. The van der Waals surface area contributed by atoms with Crippen molar-refractivity contribution < 1.29 is 9.53 Å². The van der Waals surface area contributed by atoms with E-state index in [1.807, 2.05) is 30.3 Å². The number of anilines is 1. The monoisotopic (exact) mass is 246 g/mol. The molecule has 0 atom stereocenters. The molecule has 3 rings (SSSR count). The topological polar surface area (TPSA) is 32.8 Å². The van der Waals surface area contributed by atoms with E-state index >= 15 is 0 Å². The van der Waals surface area contributed by atoms with E-state index in [0.717, 1.165) is 31.6 Å². The molecule has 4 nitrogen and oxygen atoms in total. The van der Waals surface area contributed by atoms with Crippen molar-refractivity contribution in [2.24, 2.45) is 0 Å². The van der Waals surface area contributed by atoms with Gasteiger partial charge in [-0.05, 0) is 19.2 Å². The van der Waals surface area contributed by atoms with Gasteiger partial charge in [-0.1, -0.05) is 18.2 Å². The maximum atomic E-state index is 12.0. The van der Waals surface area contributed by atoms with E-state index in [1.165, 1.54) is 0 Å². The summed E-state index contributed by atoms with van der Waals surface area (Å²) < 4.78 is 5.67. The SMILES string of the molecule is CN1CCC2(CC1)CN(c1ccccc1)C(=O)O2. The van der Waals surface area contributed by atoms with Crippen LogP contribution in [0.2, 0.25) is 0 Å². The Labute approximate surface area is 107 Å². The second-order valence-corrected chi connectivity index (χ2v) is 5.28. The van der Waals surface area contributed by atoms with Gasteiger partial charge < -0.3 is 9.64 Å². The van der Waals surface area contributed by atoms with E-state index in [0.29, 0.717) is 6.54 Å². The summed E-state index contributed by atoms with van der Waals surface area (Å²) in [5.74, 6) is 0. The quantitative estimate of drug-likeness (QED) is 0.761. The highest BCUT2D eigenvalue weighted by molar-refractivity contribution is 5.90. The first kappa shape index (κ1) is 11.5. The second kappa shape index (κ2) is 4.28. The van der Waals surface area contributed by atoms with Gasteiger partial charge in [0.1, 0.15) is 5.60 Å². The van der Waals surface area contributed by atoms with E-state index in [4.69, 9.17) is 4.74 Å².